The minimum absolute atomic E-state index is 0.180. The van der Waals surface area contributed by atoms with Gasteiger partial charge in [-0.15, -0.1) is 0 Å². The van der Waals surface area contributed by atoms with Crippen LogP contribution in [-0.2, 0) is 11.8 Å². The van der Waals surface area contributed by atoms with Gasteiger partial charge in [-0.1, -0.05) is 0 Å². The number of nitrogens with one attached hydrogen (secondary N) is 2. The normalized spacial score (nSPS) is 27.1. The maximum atomic E-state index is 13.0. The fraction of sp³-hybridized carbons (Fsp3) is 0.786. The number of H-pyrrole nitrogens is 1. The van der Waals surface area contributed by atoms with Crippen molar-refractivity contribution in [2.75, 3.05) is 13.1 Å². The summed E-state index contributed by atoms with van der Waals surface area (Å²) in [7, 11) is 0. The summed E-state index contributed by atoms with van der Waals surface area (Å²) >= 11 is 0. The Bertz CT molecular complexity index is 518. The number of hydrogen-bond donors (Lipinski definition) is 2. The van der Waals surface area contributed by atoms with Crippen molar-refractivity contribution in [3.05, 3.63) is 17.5 Å². The molecule has 1 aliphatic heterocycles. The molecule has 2 heterocycles. The molecule has 110 valence electrons. The van der Waals surface area contributed by atoms with Crippen LogP contribution in [0.1, 0.15) is 37.1 Å². The highest BCUT2D eigenvalue weighted by molar-refractivity contribution is 5.29. The van der Waals surface area contributed by atoms with Crippen molar-refractivity contribution in [1.29, 1.82) is 0 Å². The van der Waals surface area contributed by atoms with Gasteiger partial charge in [0.2, 0.25) is 0 Å². The Morgan fingerprint density at radius 2 is 1.95 bits per heavy atom. The van der Waals surface area contributed by atoms with E-state index in [0.717, 1.165) is 25.2 Å². The zero-order valence-electron chi connectivity index (χ0n) is 11.2. The second-order valence-corrected chi connectivity index (χ2v) is 6.94. The van der Waals surface area contributed by atoms with Crippen molar-refractivity contribution in [2.45, 2.75) is 43.7 Å². The van der Waals surface area contributed by atoms with E-state index in [-0.39, 0.29) is 18.5 Å². The Kier molecular flexibility index (Phi) is 2.40. The lowest BCUT2D eigenvalue weighted by atomic mass is 9.57. The van der Waals surface area contributed by atoms with E-state index in [9.17, 15) is 13.2 Å². The van der Waals surface area contributed by atoms with Gasteiger partial charge in [0.25, 0.3) is 0 Å². The lowest BCUT2D eigenvalue weighted by molar-refractivity contribution is -0.161. The van der Waals surface area contributed by atoms with Crippen LogP contribution in [0, 0.1) is 11.3 Å². The second kappa shape index (κ2) is 3.78. The summed E-state index contributed by atoms with van der Waals surface area (Å²) in [6.45, 7) is 2.21. The van der Waals surface area contributed by atoms with Gasteiger partial charge in [-0.05, 0) is 49.5 Å². The maximum Gasteiger partial charge on any atom is 0.400 e. The summed E-state index contributed by atoms with van der Waals surface area (Å²) in [6, 6.07) is 1.64. The van der Waals surface area contributed by atoms with Crippen molar-refractivity contribution >= 4 is 0 Å². The fourth-order valence-corrected chi connectivity index (χ4v) is 3.91. The van der Waals surface area contributed by atoms with Gasteiger partial charge in [-0.2, -0.15) is 18.3 Å². The van der Waals surface area contributed by atoms with E-state index in [0.29, 0.717) is 11.3 Å². The molecule has 0 aromatic carbocycles. The van der Waals surface area contributed by atoms with Crippen LogP contribution in [0.2, 0.25) is 0 Å². The Morgan fingerprint density at radius 3 is 2.45 bits per heavy atom. The number of nitrogens with zero attached hydrogens (tertiary/aromatic N) is 1. The van der Waals surface area contributed by atoms with Crippen molar-refractivity contribution in [2.24, 2.45) is 11.3 Å². The summed E-state index contributed by atoms with van der Waals surface area (Å²) in [5, 5.41) is 10.1. The van der Waals surface area contributed by atoms with E-state index in [4.69, 9.17) is 0 Å². The third kappa shape index (κ3) is 1.73. The topological polar surface area (TPSA) is 40.7 Å². The van der Waals surface area contributed by atoms with Gasteiger partial charge >= 0.3 is 6.18 Å². The van der Waals surface area contributed by atoms with E-state index in [1.54, 1.807) is 6.07 Å². The molecule has 4 rings (SSSR count). The molecule has 20 heavy (non-hydrogen) atoms. The van der Waals surface area contributed by atoms with Crippen molar-refractivity contribution in [3.8, 4) is 0 Å². The Labute approximate surface area is 115 Å². The Balaban J connectivity index is 1.42. The third-order valence-electron chi connectivity index (χ3n) is 5.37. The summed E-state index contributed by atoms with van der Waals surface area (Å²) in [6.07, 6.45) is -0.587. The number of halogens is 3. The molecule has 0 radical (unpaired) electrons. The first-order valence-electron chi connectivity index (χ1n) is 7.25. The monoisotopic (exact) mass is 285 g/mol. The smallest absolute Gasteiger partial charge is 0.316 e. The molecule has 1 aromatic rings. The maximum absolute atomic E-state index is 13.0. The second-order valence-electron chi connectivity index (χ2n) is 6.94. The molecule has 6 heteroatoms. The van der Waals surface area contributed by atoms with Gasteiger partial charge in [-0.25, -0.2) is 0 Å². The quantitative estimate of drug-likeness (QED) is 0.896. The van der Waals surface area contributed by atoms with Crippen LogP contribution in [0.15, 0.2) is 6.07 Å². The van der Waals surface area contributed by atoms with Crippen LogP contribution in [0.3, 0.4) is 0 Å². The third-order valence-corrected chi connectivity index (χ3v) is 5.37. The summed E-state index contributed by atoms with van der Waals surface area (Å²) < 4.78 is 39.1. The fourth-order valence-electron chi connectivity index (χ4n) is 3.91. The van der Waals surface area contributed by atoms with Gasteiger partial charge in [0.05, 0.1) is 5.69 Å². The molecule has 0 amide bonds. The molecule has 3 aliphatic rings. The molecule has 3 nitrogen and oxygen atoms in total. The lowest BCUT2D eigenvalue weighted by Crippen LogP contribution is -2.60. The minimum Gasteiger partial charge on any atom is -0.316 e. The molecule has 1 spiro atoms. The first-order chi connectivity index (χ1) is 9.43. The number of alkyl halides is 3. The van der Waals surface area contributed by atoms with Crippen LogP contribution in [0.25, 0.3) is 0 Å². The molecule has 0 atom stereocenters. The van der Waals surface area contributed by atoms with Gasteiger partial charge in [0.15, 0.2) is 0 Å². The molecular formula is C14H18F3N3. The predicted octanol–water partition coefficient (Wildman–Crippen LogP) is 2.55. The van der Waals surface area contributed by atoms with Crippen LogP contribution < -0.4 is 5.32 Å². The number of rotatable bonds is 3. The lowest BCUT2D eigenvalue weighted by Gasteiger charge is -2.54. The van der Waals surface area contributed by atoms with Crippen molar-refractivity contribution in [3.63, 3.8) is 0 Å². The van der Waals surface area contributed by atoms with Gasteiger partial charge < -0.3 is 5.32 Å². The molecule has 1 aromatic heterocycles. The van der Waals surface area contributed by atoms with Crippen molar-refractivity contribution in [1.82, 2.24) is 15.5 Å². The van der Waals surface area contributed by atoms with Gasteiger partial charge in [0.1, 0.15) is 5.41 Å². The highest BCUT2D eigenvalue weighted by Crippen LogP contribution is 2.58. The summed E-state index contributed by atoms with van der Waals surface area (Å²) in [5.74, 6) is 0.603. The van der Waals surface area contributed by atoms with Crippen molar-refractivity contribution < 1.29 is 13.2 Å². The molecule has 2 saturated carbocycles. The molecular weight excluding hydrogens is 267 g/mol. The molecule has 0 unspecified atom stereocenters. The number of aromatic nitrogens is 2. The van der Waals surface area contributed by atoms with E-state index in [1.807, 2.05) is 0 Å². The first kappa shape index (κ1) is 12.7. The first-order valence-corrected chi connectivity index (χ1v) is 7.25. The molecule has 0 bridgehead atoms. The van der Waals surface area contributed by atoms with E-state index in [1.165, 1.54) is 12.8 Å². The number of hydrogen-bond acceptors (Lipinski definition) is 2. The van der Waals surface area contributed by atoms with E-state index >= 15 is 0 Å². The average Bonchev–Trinajstić information content (AvgIpc) is 2.96. The SMILES string of the molecule is FC(F)(F)C1(c2cc(CC3CC4(CNC4)C3)[nH]n2)CC1. The largest absolute Gasteiger partial charge is 0.400 e. The highest BCUT2D eigenvalue weighted by atomic mass is 19.4. The minimum atomic E-state index is -4.17. The average molecular weight is 285 g/mol. The zero-order valence-corrected chi connectivity index (χ0v) is 11.2. The molecule has 2 aliphatic carbocycles. The van der Waals surface area contributed by atoms with E-state index < -0.39 is 11.6 Å². The van der Waals surface area contributed by atoms with E-state index in [2.05, 4.69) is 15.5 Å². The van der Waals surface area contributed by atoms with Crippen LogP contribution in [0.5, 0.6) is 0 Å². The summed E-state index contributed by atoms with van der Waals surface area (Å²) in [5.41, 5.74) is -0.0838. The number of aromatic amines is 1. The summed E-state index contributed by atoms with van der Waals surface area (Å²) in [4.78, 5) is 0. The predicted molar refractivity (Wildman–Crippen MR) is 67.3 cm³/mol. The standard InChI is InChI=1S/C14H18F3N3/c15-14(16,17)13(1-2-13)11-4-10(19-20-11)3-9-5-12(6-9)7-18-8-12/h4,9,18H,1-3,5-8H2,(H,19,20). The molecule has 1 saturated heterocycles. The molecule has 3 fully saturated rings. The van der Waals surface area contributed by atoms with Crippen LogP contribution in [0.4, 0.5) is 13.2 Å². The van der Waals surface area contributed by atoms with Crippen LogP contribution >= 0.6 is 0 Å². The van der Waals surface area contributed by atoms with Gasteiger partial charge in [0, 0.05) is 18.8 Å². The van der Waals surface area contributed by atoms with Crippen LogP contribution in [-0.4, -0.2) is 29.5 Å². The Hall–Kier alpha value is -1.04. The molecule has 2 N–H and O–H groups in total. The van der Waals surface area contributed by atoms with Gasteiger partial charge in [-0.3, -0.25) is 5.10 Å². The zero-order chi connectivity index (χ0) is 14.0. The highest BCUT2D eigenvalue weighted by Gasteiger charge is 2.65. The Morgan fingerprint density at radius 1 is 1.25 bits per heavy atom.